The molecule has 2 heterocycles. The number of hydrogen-bond donors (Lipinski definition) is 1. The van der Waals surface area contributed by atoms with Gasteiger partial charge in [0.05, 0.1) is 34.8 Å². The zero-order valence-corrected chi connectivity index (χ0v) is 18.0. The lowest BCUT2D eigenvalue weighted by Gasteiger charge is -2.19. The van der Waals surface area contributed by atoms with Crippen molar-refractivity contribution in [1.29, 1.82) is 0 Å². The molecule has 8 heteroatoms. The first kappa shape index (κ1) is 20.4. The zero-order valence-electron chi connectivity index (χ0n) is 16.5. The SMILES string of the molecule is Cc1nn(C(C)(C)C)cc1C(C)Nc1cnn(-c2ccc(Cl)cc2)c(=O)c1Cl. The average molecular weight is 420 g/mol. The van der Waals surface area contributed by atoms with Crippen LogP contribution in [0.1, 0.15) is 45.0 Å². The standard InChI is InChI=1S/C20H23Cl2N5O/c1-12(16-11-26(20(3,4)5)25-13(16)2)24-17-10-23-27(19(28)18(17)22)15-8-6-14(21)7-9-15/h6-12,24H,1-5H3. The molecule has 0 aliphatic carbocycles. The Bertz CT molecular complexity index is 1050. The molecule has 0 radical (unpaired) electrons. The highest BCUT2D eigenvalue weighted by molar-refractivity contribution is 6.33. The van der Waals surface area contributed by atoms with Crippen LogP contribution in [0.25, 0.3) is 5.69 Å². The van der Waals surface area contributed by atoms with Gasteiger partial charge in [-0.3, -0.25) is 9.48 Å². The van der Waals surface area contributed by atoms with Crippen molar-refractivity contribution < 1.29 is 0 Å². The third kappa shape index (κ3) is 4.08. The Morgan fingerprint density at radius 2 is 1.79 bits per heavy atom. The fourth-order valence-corrected chi connectivity index (χ4v) is 3.16. The summed E-state index contributed by atoms with van der Waals surface area (Å²) in [6.45, 7) is 10.3. The van der Waals surface area contributed by atoms with Gasteiger partial charge in [0.25, 0.3) is 5.56 Å². The summed E-state index contributed by atoms with van der Waals surface area (Å²) in [4.78, 5) is 12.7. The van der Waals surface area contributed by atoms with Crippen molar-refractivity contribution in [3.8, 4) is 5.69 Å². The maximum absolute atomic E-state index is 12.7. The van der Waals surface area contributed by atoms with Crippen molar-refractivity contribution in [3.05, 3.63) is 68.3 Å². The molecule has 1 aromatic carbocycles. The highest BCUT2D eigenvalue weighted by atomic mass is 35.5. The molecule has 0 saturated heterocycles. The van der Waals surface area contributed by atoms with Crippen LogP contribution in [0.4, 0.5) is 5.69 Å². The van der Waals surface area contributed by atoms with Gasteiger partial charge in [0.1, 0.15) is 5.02 Å². The molecular formula is C20H23Cl2N5O. The second-order valence-electron chi connectivity index (χ2n) is 7.72. The predicted octanol–water partition coefficient (Wildman–Crippen LogP) is 4.97. The topological polar surface area (TPSA) is 64.7 Å². The molecule has 3 rings (SSSR count). The Balaban J connectivity index is 1.89. The minimum Gasteiger partial charge on any atom is -0.376 e. The average Bonchev–Trinajstić information content (AvgIpc) is 3.02. The third-order valence-electron chi connectivity index (χ3n) is 4.45. The van der Waals surface area contributed by atoms with Crippen LogP contribution in [0.3, 0.4) is 0 Å². The summed E-state index contributed by atoms with van der Waals surface area (Å²) in [5.74, 6) is 0. The van der Waals surface area contributed by atoms with E-state index in [-0.39, 0.29) is 16.6 Å². The summed E-state index contributed by atoms with van der Waals surface area (Å²) < 4.78 is 3.19. The summed E-state index contributed by atoms with van der Waals surface area (Å²) in [6, 6.07) is 6.73. The number of aromatic nitrogens is 4. The summed E-state index contributed by atoms with van der Waals surface area (Å²) in [6.07, 6.45) is 3.57. The molecule has 148 valence electrons. The van der Waals surface area contributed by atoms with E-state index in [1.807, 2.05) is 24.7 Å². The van der Waals surface area contributed by atoms with Crippen LogP contribution in [-0.2, 0) is 5.54 Å². The van der Waals surface area contributed by atoms with Crippen LogP contribution in [0.15, 0.2) is 41.5 Å². The molecule has 0 aliphatic rings. The number of nitrogens with one attached hydrogen (secondary N) is 1. The largest absolute Gasteiger partial charge is 0.376 e. The van der Waals surface area contributed by atoms with Gasteiger partial charge in [-0.15, -0.1) is 0 Å². The fourth-order valence-electron chi connectivity index (χ4n) is 2.85. The Hall–Kier alpha value is -2.31. The fraction of sp³-hybridized carbons (Fsp3) is 0.350. The third-order valence-corrected chi connectivity index (χ3v) is 5.07. The van der Waals surface area contributed by atoms with Gasteiger partial charge in [0.2, 0.25) is 0 Å². The highest BCUT2D eigenvalue weighted by Crippen LogP contribution is 2.26. The van der Waals surface area contributed by atoms with E-state index in [0.29, 0.717) is 16.4 Å². The van der Waals surface area contributed by atoms with Gasteiger partial charge in [-0.2, -0.15) is 14.9 Å². The maximum Gasteiger partial charge on any atom is 0.292 e. The van der Waals surface area contributed by atoms with Gasteiger partial charge < -0.3 is 5.32 Å². The van der Waals surface area contributed by atoms with Crippen LogP contribution in [0, 0.1) is 6.92 Å². The van der Waals surface area contributed by atoms with E-state index in [0.717, 1.165) is 11.3 Å². The summed E-state index contributed by atoms with van der Waals surface area (Å²) in [5, 5.41) is 12.8. The van der Waals surface area contributed by atoms with Crippen LogP contribution in [0.5, 0.6) is 0 Å². The van der Waals surface area contributed by atoms with Gasteiger partial charge in [0.15, 0.2) is 0 Å². The van der Waals surface area contributed by atoms with Crippen molar-refractivity contribution in [2.24, 2.45) is 0 Å². The van der Waals surface area contributed by atoms with Gasteiger partial charge in [-0.05, 0) is 58.9 Å². The van der Waals surface area contributed by atoms with Crippen LogP contribution < -0.4 is 10.9 Å². The maximum atomic E-state index is 12.7. The summed E-state index contributed by atoms with van der Waals surface area (Å²) in [7, 11) is 0. The van der Waals surface area contributed by atoms with E-state index < -0.39 is 5.56 Å². The highest BCUT2D eigenvalue weighted by Gasteiger charge is 2.20. The Labute approximate surface area is 174 Å². The molecule has 0 aliphatic heterocycles. The number of hydrogen-bond acceptors (Lipinski definition) is 4. The number of halogens is 2. The number of aryl methyl sites for hydroxylation is 1. The van der Waals surface area contributed by atoms with Gasteiger partial charge in [-0.1, -0.05) is 23.2 Å². The lowest BCUT2D eigenvalue weighted by molar-refractivity contribution is 0.354. The molecule has 1 unspecified atom stereocenters. The van der Waals surface area contributed by atoms with Gasteiger partial charge >= 0.3 is 0 Å². The number of rotatable bonds is 4. The van der Waals surface area contributed by atoms with Crippen molar-refractivity contribution in [2.75, 3.05) is 5.32 Å². The molecule has 28 heavy (non-hydrogen) atoms. The lowest BCUT2D eigenvalue weighted by atomic mass is 10.1. The predicted molar refractivity (Wildman–Crippen MR) is 114 cm³/mol. The molecule has 0 fully saturated rings. The number of nitrogens with zero attached hydrogens (tertiary/aromatic N) is 4. The first-order valence-electron chi connectivity index (χ1n) is 8.95. The molecule has 1 N–H and O–H groups in total. The number of benzene rings is 1. The van der Waals surface area contributed by atoms with Crippen molar-refractivity contribution in [1.82, 2.24) is 19.6 Å². The molecular weight excluding hydrogens is 397 g/mol. The molecule has 3 aromatic rings. The van der Waals surface area contributed by atoms with E-state index >= 15 is 0 Å². The molecule has 0 spiro atoms. The minimum absolute atomic E-state index is 0.0812. The van der Waals surface area contributed by atoms with Crippen molar-refractivity contribution >= 4 is 28.9 Å². The molecule has 6 nitrogen and oxygen atoms in total. The first-order chi connectivity index (χ1) is 13.1. The molecule has 1 atom stereocenters. The Kier molecular flexibility index (Phi) is 5.55. The van der Waals surface area contributed by atoms with Crippen LogP contribution in [-0.4, -0.2) is 19.6 Å². The van der Waals surface area contributed by atoms with Crippen LogP contribution >= 0.6 is 23.2 Å². The van der Waals surface area contributed by atoms with Gasteiger partial charge in [0, 0.05) is 16.8 Å². The molecule has 0 saturated carbocycles. The van der Waals surface area contributed by atoms with Crippen molar-refractivity contribution in [2.45, 2.75) is 46.2 Å². The second-order valence-corrected chi connectivity index (χ2v) is 8.53. The van der Waals surface area contributed by atoms with E-state index in [1.54, 1.807) is 30.5 Å². The van der Waals surface area contributed by atoms with Crippen molar-refractivity contribution in [3.63, 3.8) is 0 Å². The van der Waals surface area contributed by atoms with E-state index in [9.17, 15) is 4.79 Å². The second kappa shape index (κ2) is 7.60. The van der Waals surface area contributed by atoms with E-state index in [4.69, 9.17) is 23.2 Å². The van der Waals surface area contributed by atoms with Crippen LogP contribution in [0.2, 0.25) is 10.0 Å². The summed E-state index contributed by atoms with van der Waals surface area (Å²) >= 11 is 12.2. The Morgan fingerprint density at radius 3 is 2.36 bits per heavy atom. The van der Waals surface area contributed by atoms with E-state index in [2.05, 4.69) is 36.3 Å². The molecule has 2 aromatic heterocycles. The molecule has 0 amide bonds. The normalized spacial score (nSPS) is 12.8. The quantitative estimate of drug-likeness (QED) is 0.647. The first-order valence-corrected chi connectivity index (χ1v) is 9.70. The minimum atomic E-state index is -0.400. The van der Waals surface area contributed by atoms with E-state index in [1.165, 1.54) is 4.68 Å². The Morgan fingerprint density at radius 1 is 1.14 bits per heavy atom. The monoisotopic (exact) mass is 419 g/mol. The molecule has 0 bridgehead atoms. The van der Waals surface area contributed by atoms with Gasteiger partial charge in [-0.25, -0.2) is 0 Å². The smallest absolute Gasteiger partial charge is 0.292 e. The number of anilines is 1. The lowest BCUT2D eigenvalue weighted by Crippen LogP contribution is -2.23. The summed E-state index contributed by atoms with van der Waals surface area (Å²) in [5.41, 5.74) is 2.52. The zero-order chi connectivity index (χ0) is 20.6.